The molecule has 6 heteroatoms. The first-order valence-electron chi connectivity index (χ1n) is 5.63. The number of aliphatic hydroxyl groups is 1. The number of carbonyl (C=O) groups excluding carboxylic acids is 1. The van der Waals surface area contributed by atoms with E-state index in [1.165, 1.54) is 6.07 Å². The third-order valence-electron chi connectivity index (χ3n) is 2.61. The lowest BCUT2D eigenvalue weighted by Gasteiger charge is -2.13. The summed E-state index contributed by atoms with van der Waals surface area (Å²) in [5.74, 6) is -0.485. The highest BCUT2D eigenvalue weighted by Crippen LogP contribution is 2.21. The highest BCUT2D eigenvalue weighted by atomic mass is 16.6. The third-order valence-corrected chi connectivity index (χ3v) is 2.61. The predicted molar refractivity (Wildman–Crippen MR) is 66.5 cm³/mol. The van der Waals surface area contributed by atoms with Crippen LogP contribution in [0.3, 0.4) is 0 Å². The molecule has 0 saturated carbocycles. The smallest absolute Gasteiger partial charge is 0.282 e. The molecule has 1 unspecified atom stereocenters. The second-order valence-electron chi connectivity index (χ2n) is 4.11. The molecule has 0 aliphatic carbocycles. The Morgan fingerprint density at radius 2 is 2.22 bits per heavy atom. The quantitative estimate of drug-likeness (QED) is 0.612. The van der Waals surface area contributed by atoms with Crippen LogP contribution in [0, 0.1) is 17.0 Å². The van der Waals surface area contributed by atoms with Crippen molar-refractivity contribution in [3.8, 4) is 0 Å². The van der Waals surface area contributed by atoms with Gasteiger partial charge in [0.1, 0.15) is 5.56 Å². The number of amides is 1. The molecule has 0 heterocycles. The van der Waals surface area contributed by atoms with E-state index in [0.29, 0.717) is 12.0 Å². The minimum absolute atomic E-state index is 0.0443. The molecule has 1 rings (SSSR count). The number of hydrogen-bond donors (Lipinski definition) is 2. The maximum absolute atomic E-state index is 12.0. The Balaban J connectivity index is 3.01. The summed E-state index contributed by atoms with van der Waals surface area (Å²) in [6.45, 7) is 3.34. The number of rotatable bonds is 5. The van der Waals surface area contributed by atoms with Crippen molar-refractivity contribution in [2.24, 2.45) is 0 Å². The maximum atomic E-state index is 12.0. The lowest BCUT2D eigenvalue weighted by Crippen LogP contribution is -2.34. The van der Waals surface area contributed by atoms with Crippen LogP contribution in [0.2, 0.25) is 0 Å². The minimum Gasteiger partial charge on any atom is -0.396 e. The predicted octanol–water partition coefficient (Wildman–Crippen LogP) is 1.40. The number of nitrogens with zero attached hydrogens (tertiary/aromatic N) is 1. The molecule has 0 aromatic heterocycles. The van der Waals surface area contributed by atoms with E-state index in [1.807, 2.05) is 0 Å². The van der Waals surface area contributed by atoms with Crippen LogP contribution in [0.4, 0.5) is 5.69 Å². The van der Waals surface area contributed by atoms with Gasteiger partial charge in [-0.2, -0.15) is 0 Å². The molecule has 0 aliphatic heterocycles. The number of aliphatic hydroxyl groups excluding tert-OH is 1. The molecule has 0 spiro atoms. The standard InChI is InChI=1S/C12H16N2O4/c1-8-4-3-5-10(14(17)18)11(8)12(16)13-9(2)6-7-15/h3-5,9,15H,6-7H2,1-2H3,(H,13,16). The molecule has 0 saturated heterocycles. The summed E-state index contributed by atoms with van der Waals surface area (Å²) in [6, 6.07) is 4.26. The lowest BCUT2D eigenvalue weighted by molar-refractivity contribution is -0.385. The van der Waals surface area contributed by atoms with Crippen molar-refractivity contribution in [3.63, 3.8) is 0 Å². The van der Waals surface area contributed by atoms with Gasteiger partial charge in [0, 0.05) is 18.7 Å². The fourth-order valence-electron chi connectivity index (χ4n) is 1.66. The topological polar surface area (TPSA) is 92.5 Å². The molecule has 18 heavy (non-hydrogen) atoms. The Morgan fingerprint density at radius 3 is 2.78 bits per heavy atom. The van der Waals surface area contributed by atoms with Crippen molar-refractivity contribution in [1.82, 2.24) is 5.32 Å². The highest BCUT2D eigenvalue weighted by molar-refractivity contribution is 5.99. The molecule has 0 aliphatic rings. The van der Waals surface area contributed by atoms with Crippen LogP contribution in [-0.4, -0.2) is 28.6 Å². The first-order valence-corrected chi connectivity index (χ1v) is 5.63. The lowest BCUT2D eigenvalue weighted by atomic mass is 10.1. The molecule has 0 bridgehead atoms. The SMILES string of the molecule is Cc1cccc([N+](=O)[O-])c1C(=O)NC(C)CCO. The number of nitro groups is 1. The van der Waals surface area contributed by atoms with Gasteiger partial charge < -0.3 is 10.4 Å². The Hall–Kier alpha value is -1.95. The van der Waals surface area contributed by atoms with Gasteiger partial charge in [-0.1, -0.05) is 12.1 Å². The summed E-state index contributed by atoms with van der Waals surface area (Å²) >= 11 is 0. The van der Waals surface area contributed by atoms with Crippen molar-refractivity contribution in [2.75, 3.05) is 6.61 Å². The number of aryl methyl sites for hydroxylation is 1. The molecule has 0 fully saturated rings. The molecule has 0 radical (unpaired) electrons. The van der Waals surface area contributed by atoms with Gasteiger partial charge in [-0.05, 0) is 25.8 Å². The van der Waals surface area contributed by atoms with Crippen molar-refractivity contribution in [2.45, 2.75) is 26.3 Å². The van der Waals surface area contributed by atoms with Gasteiger partial charge in [0.25, 0.3) is 11.6 Å². The normalized spacial score (nSPS) is 11.9. The van der Waals surface area contributed by atoms with Gasteiger partial charge >= 0.3 is 0 Å². The van der Waals surface area contributed by atoms with E-state index in [-0.39, 0.29) is 23.9 Å². The average Bonchev–Trinajstić information content (AvgIpc) is 2.28. The van der Waals surface area contributed by atoms with Crippen LogP contribution in [0.25, 0.3) is 0 Å². The van der Waals surface area contributed by atoms with Gasteiger partial charge in [0.05, 0.1) is 4.92 Å². The number of nitrogens with one attached hydrogen (secondary N) is 1. The van der Waals surface area contributed by atoms with Crippen LogP contribution in [0.15, 0.2) is 18.2 Å². The van der Waals surface area contributed by atoms with Gasteiger partial charge in [-0.15, -0.1) is 0 Å². The zero-order valence-corrected chi connectivity index (χ0v) is 10.3. The van der Waals surface area contributed by atoms with Gasteiger partial charge in [-0.25, -0.2) is 0 Å². The second kappa shape index (κ2) is 6.11. The monoisotopic (exact) mass is 252 g/mol. The number of carbonyl (C=O) groups is 1. The number of benzene rings is 1. The molecular formula is C12H16N2O4. The summed E-state index contributed by atoms with van der Waals surface area (Å²) in [5, 5.41) is 22.3. The fourth-order valence-corrected chi connectivity index (χ4v) is 1.66. The van der Waals surface area contributed by atoms with Gasteiger partial charge in [-0.3, -0.25) is 14.9 Å². The molecule has 98 valence electrons. The first-order chi connectivity index (χ1) is 8.47. The number of nitro benzene ring substituents is 1. The van der Waals surface area contributed by atoms with E-state index in [4.69, 9.17) is 5.11 Å². The average molecular weight is 252 g/mol. The van der Waals surface area contributed by atoms with Crippen molar-refractivity contribution < 1.29 is 14.8 Å². The maximum Gasteiger partial charge on any atom is 0.282 e. The molecule has 2 N–H and O–H groups in total. The number of hydrogen-bond acceptors (Lipinski definition) is 4. The fraction of sp³-hybridized carbons (Fsp3) is 0.417. The summed E-state index contributed by atoms with van der Waals surface area (Å²) in [6.07, 6.45) is 0.408. The largest absolute Gasteiger partial charge is 0.396 e. The molecule has 1 aromatic rings. The van der Waals surface area contributed by atoms with Crippen molar-refractivity contribution in [1.29, 1.82) is 0 Å². The Kier molecular flexibility index (Phi) is 4.79. The molecular weight excluding hydrogens is 236 g/mol. The summed E-state index contributed by atoms with van der Waals surface area (Å²) in [5.41, 5.74) is 0.425. The van der Waals surface area contributed by atoms with Crippen LogP contribution in [0.5, 0.6) is 0 Å². The third kappa shape index (κ3) is 3.27. The zero-order valence-electron chi connectivity index (χ0n) is 10.3. The Labute approximate surface area is 105 Å². The molecule has 1 amide bonds. The van der Waals surface area contributed by atoms with Crippen LogP contribution < -0.4 is 5.32 Å². The molecule has 6 nitrogen and oxygen atoms in total. The van der Waals surface area contributed by atoms with Crippen LogP contribution in [-0.2, 0) is 0 Å². The summed E-state index contributed by atoms with van der Waals surface area (Å²) in [4.78, 5) is 22.3. The van der Waals surface area contributed by atoms with E-state index in [1.54, 1.807) is 26.0 Å². The summed E-state index contributed by atoms with van der Waals surface area (Å²) < 4.78 is 0. The second-order valence-corrected chi connectivity index (χ2v) is 4.11. The highest BCUT2D eigenvalue weighted by Gasteiger charge is 2.22. The van der Waals surface area contributed by atoms with Crippen LogP contribution in [0.1, 0.15) is 29.3 Å². The zero-order chi connectivity index (χ0) is 13.7. The van der Waals surface area contributed by atoms with Crippen LogP contribution >= 0.6 is 0 Å². The Bertz CT molecular complexity index is 459. The van der Waals surface area contributed by atoms with E-state index in [0.717, 1.165) is 0 Å². The summed E-state index contributed by atoms with van der Waals surface area (Å²) in [7, 11) is 0. The minimum atomic E-state index is -0.571. The van der Waals surface area contributed by atoms with Crippen molar-refractivity contribution >= 4 is 11.6 Å². The molecule has 1 atom stereocenters. The first kappa shape index (κ1) is 14.1. The van der Waals surface area contributed by atoms with Gasteiger partial charge in [0.15, 0.2) is 0 Å². The Morgan fingerprint density at radius 1 is 1.56 bits per heavy atom. The van der Waals surface area contributed by atoms with Gasteiger partial charge in [0.2, 0.25) is 0 Å². The van der Waals surface area contributed by atoms with E-state index < -0.39 is 10.8 Å². The molecule has 1 aromatic carbocycles. The van der Waals surface area contributed by atoms with Crippen molar-refractivity contribution in [3.05, 3.63) is 39.4 Å². The van der Waals surface area contributed by atoms with E-state index in [2.05, 4.69) is 5.32 Å². The van der Waals surface area contributed by atoms with E-state index in [9.17, 15) is 14.9 Å². The van der Waals surface area contributed by atoms with E-state index >= 15 is 0 Å².